The van der Waals surface area contributed by atoms with E-state index in [9.17, 15) is 14.4 Å². The van der Waals surface area contributed by atoms with Crippen molar-refractivity contribution in [2.45, 2.75) is 18.9 Å². The predicted octanol–water partition coefficient (Wildman–Crippen LogP) is 1.91. The van der Waals surface area contributed by atoms with Crippen molar-refractivity contribution < 1.29 is 19.1 Å². The number of rotatable bonds is 4. The highest BCUT2D eigenvalue weighted by Crippen LogP contribution is 2.26. The quantitative estimate of drug-likeness (QED) is 0.734. The number of Topliss-reactive ketones (excluding diaryl/α,β-unsaturated/α-hetero) is 1. The predicted molar refractivity (Wildman–Crippen MR) is 108 cm³/mol. The number of ketones is 1. The minimum absolute atomic E-state index is 0.0233. The molecule has 2 amide bonds. The van der Waals surface area contributed by atoms with Crippen molar-refractivity contribution in [3.05, 3.63) is 44.3 Å². The Bertz CT molecular complexity index is 878. The number of amides is 2. The van der Waals surface area contributed by atoms with E-state index in [2.05, 4.69) is 26.1 Å². The van der Waals surface area contributed by atoms with Crippen LogP contribution in [-0.2, 0) is 14.3 Å². The third kappa shape index (κ3) is 4.06. The fraction of sp³-hybridized carbons (Fsp3) is 0.421. The molecule has 0 saturated carbocycles. The number of allylic oxidation sites excluding steroid dienone is 4. The number of thiophene rings is 1. The lowest BCUT2D eigenvalue weighted by molar-refractivity contribution is -0.142. The molecule has 1 aromatic heterocycles. The summed E-state index contributed by atoms with van der Waals surface area (Å²) < 4.78 is 6.03. The van der Waals surface area contributed by atoms with Crippen molar-refractivity contribution in [1.29, 1.82) is 0 Å². The van der Waals surface area contributed by atoms with Crippen LogP contribution in [0.3, 0.4) is 0 Å². The van der Waals surface area contributed by atoms with Crippen LogP contribution in [0.1, 0.15) is 22.5 Å². The molecule has 3 aliphatic rings. The van der Waals surface area contributed by atoms with Gasteiger partial charge in [-0.25, -0.2) is 0 Å². The average Bonchev–Trinajstić information content (AvgIpc) is 3.31. The number of carbonyl (C=O) groups is 3. The summed E-state index contributed by atoms with van der Waals surface area (Å²) in [6.45, 7) is 2.35. The summed E-state index contributed by atoms with van der Waals surface area (Å²) in [4.78, 5) is 41.3. The maximum Gasteiger partial charge on any atom is 0.261 e. The molecule has 1 aromatic rings. The molecule has 28 heavy (non-hydrogen) atoms. The molecule has 4 rings (SSSR count). The minimum Gasteiger partial charge on any atom is -0.372 e. The Kier molecular flexibility index (Phi) is 5.65. The van der Waals surface area contributed by atoms with E-state index in [1.165, 1.54) is 16.2 Å². The molecule has 3 heterocycles. The second kappa shape index (κ2) is 8.18. The van der Waals surface area contributed by atoms with Crippen LogP contribution in [-0.4, -0.2) is 66.3 Å². The molecule has 7 nitrogen and oxygen atoms in total. The van der Waals surface area contributed by atoms with Crippen LogP contribution in [0.25, 0.3) is 0 Å². The maximum absolute atomic E-state index is 12.6. The monoisotopic (exact) mass is 465 g/mol. The number of morpholine rings is 1. The SMILES string of the molecule is O=C1CC(N2CC[C@@H](NC(=O)c3cc(Br)cs3)C2)=CC=C1N1CCOCC1=O. The minimum atomic E-state index is -0.174. The van der Waals surface area contributed by atoms with Gasteiger partial charge in [-0.3, -0.25) is 14.4 Å². The number of ether oxygens (including phenoxy) is 1. The van der Waals surface area contributed by atoms with Crippen molar-refractivity contribution in [2.24, 2.45) is 0 Å². The van der Waals surface area contributed by atoms with Crippen molar-refractivity contribution in [3.63, 3.8) is 0 Å². The Morgan fingerprint density at radius 1 is 1.29 bits per heavy atom. The van der Waals surface area contributed by atoms with Gasteiger partial charge in [0.2, 0.25) is 0 Å². The first kappa shape index (κ1) is 19.4. The van der Waals surface area contributed by atoms with Crippen molar-refractivity contribution in [1.82, 2.24) is 15.1 Å². The second-order valence-electron chi connectivity index (χ2n) is 6.94. The van der Waals surface area contributed by atoms with Crippen molar-refractivity contribution in [3.8, 4) is 0 Å². The zero-order chi connectivity index (χ0) is 19.7. The Morgan fingerprint density at radius 2 is 2.14 bits per heavy atom. The van der Waals surface area contributed by atoms with E-state index < -0.39 is 0 Å². The zero-order valence-corrected chi connectivity index (χ0v) is 17.6. The lowest BCUT2D eigenvalue weighted by atomic mass is 10.0. The van der Waals surface area contributed by atoms with E-state index in [-0.39, 0.29) is 36.7 Å². The summed E-state index contributed by atoms with van der Waals surface area (Å²) in [7, 11) is 0. The van der Waals surface area contributed by atoms with Crippen LogP contribution in [0.4, 0.5) is 0 Å². The molecule has 1 atom stereocenters. The van der Waals surface area contributed by atoms with Crippen LogP contribution < -0.4 is 5.32 Å². The van der Waals surface area contributed by atoms with Gasteiger partial charge in [0.05, 0.1) is 23.6 Å². The van der Waals surface area contributed by atoms with Gasteiger partial charge in [0, 0.05) is 41.2 Å². The van der Waals surface area contributed by atoms with E-state index in [4.69, 9.17) is 4.74 Å². The zero-order valence-electron chi connectivity index (χ0n) is 15.2. The van der Waals surface area contributed by atoms with Crippen LogP contribution in [0.2, 0.25) is 0 Å². The third-order valence-corrected chi connectivity index (χ3v) is 6.75. The summed E-state index contributed by atoms with van der Waals surface area (Å²) in [5.41, 5.74) is 1.38. The van der Waals surface area contributed by atoms with E-state index in [1.54, 1.807) is 6.08 Å². The van der Waals surface area contributed by atoms with Gasteiger partial charge in [-0.2, -0.15) is 0 Å². The van der Waals surface area contributed by atoms with E-state index in [0.717, 1.165) is 23.1 Å². The summed E-state index contributed by atoms with van der Waals surface area (Å²) in [5.74, 6) is -0.292. The number of halogens is 1. The van der Waals surface area contributed by atoms with E-state index in [1.807, 2.05) is 17.5 Å². The van der Waals surface area contributed by atoms with Crippen LogP contribution in [0.5, 0.6) is 0 Å². The Hall–Kier alpha value is -1.97. The smallest absolute Gasteiger partial charge is 0.261 e. The lowest BCUT2D eigenvalue weighted by Gasteiger charge is -2.31. The highest BCUT2D eigenvalue weighted by molar-refractivity contribution is 9.10. The summed E-state index contributed by atoms with van der Waals surface area (Å²) >= 11 is 4.77. The number of carbonyl (C=O) groups excluding carboxylic acids is 3. The van der Waals surface area contributed by atoms with Gasteiger partial charge in [0.1, 0.15) is 6.61 Å². The number of likely N-dealkylation sites (tertiary alicyclic amines) is 1. The molecule has 0 unspecified atom stereocenters. The Labute approximate surface area is 175 Å². The van der Waals surface area contributed by atoms with Crippen LogP contribution in [0, 0.1) is 0 Å². The maximum atomic E-state index is 12.6. The first-order valence-electron chi connectivity index (χ1n) is 9.13. The van der Waals surface area contributed by atoms with Gasteiger partial charge < -0.3 is 19.9 Å². The normalized spacial score (nSPS) is 23.0. The number of hydrogen-bond donors (Lipinski definition) is 1. The number of hydrogen-bond acceptors (Lipinski definition) is 6. The number of nitrogens with zero attached hydrogens (tertiary/aromatic N) is 2. The first-order valence-corrected chi connectivity index (χ1v) is 10.8. The highest BCUT2D eigenvalue weighted by atomic mass is 79.9. The molecule has 9 heteroatoms. The summed E-state index contributed by atoms with van der Waals surface area (Å²) in [6, 6.07) is 1.87. The molecule has 1 N–H and O–H groups in total. The van der Waals surface area contributed by atoms with Gasteiger partial charge in [-0.15, -0.1) is 11.3 Å². The van der Waals surface area contributed by atoms with Gasteiger partial charge in [-0.05, 0) is 40.6 Å². The third-order valence-electron chi connectivity index (χ3n) is 5.06. The van der Waals surface area contributed by atoms with Gasteiger partial charge in [0.25, 0.3) is 11.8 Å². The fourth-order valence-electron chi connectivity index (χ4n) is 3.64. The molecular formula is C19H20BrN3O4S. The first-order chi connectivity index (χ1) is 13.5. The lowest BCUT2D eigenvalue weighted by Crippen LogP contribution is -2.43. The molecule has 2 saturated heterocycles. The van der Waals surface area contributed by atoms with E-state index in [0.29, 0.717) is 30.3 Å². The van der Waals surface area contributed by atoms with Crippen molar-refractivity contribution in [2.75, 3.05) is 32.8 Å². The van der Waals surface area contributed by atoms with Gasteiger partial charge in [0.15, 0.2) is 5.78 Å². The van der Waals surface area contributed by atoms with Crippen molar-refractivity contribution >= 4 is 44.9 Å². The number of nitrogens with one attached hydrogen (secondary N) is 1. The molecule has 0 bridgehead atoms. The van der Waals surface area contributed by atoms with E-state index >= 15 is 0 Å². The molecule has 2 fully saturated rings. The van der Waals surface area contributed by atoms with Gasteiger partial charge >= 0.3 is 0 Å². The van der Waals surface area contributed by atoms with Crippen LogP contribution >= 0.6 is 27.3 Å². The van der Waals surface area contributed by atoms with Gasteiger partial charge in [-0.1, -0.05) is 0 Å². The molecule has 1 aliphatic carbocycles. The molecule has 148 valence electrons. The molecule has 0 radical (unpaired) electrons. The Morgan fingerprint density at radius 3 is 2.86 bits per heavy atom. The second-order valence-corrected chi connectivity index (χ2v) is 8.77. The molecule has 0 aromatic carbocycles. The standard InChI is InChI=1S/C19H20BrN3O4S/c20-12-7-17(28-11-12)19(26)21-13-3-4-22(9-13)14-1-2-15(16(24)8-14)23-5-6-27-10-18(23)25/h1-2,7,11,13H,3-6,8-10H2,(H,21,26)/t13-/m1/s1. The summed E-state index contributed by atoms with van der Waals surface area (Å²) in [6.07, 6.45) is 4.76. The summed E-state index contributed by atoms with van der Waals surface area (Å²) in [5, 5.41) is 4.96. The average molecular weight is 466 g/mol. The molecule has 2 aliphatic heterocycles. The Balaban J connectivity index is 1.38. The fourth-order valence-corrected chi connectivity index (χ4v) is 4.97. The highest BCUT2D eigenvalue weighted by Gasteiger charge is 2.32. The molecule has 0 spiro atoms. The topological polar surface area (TPSA) is 79.0 Å². The molecular weight excluding hydrogens is 446 g/mol. The van der Waals surface area contributed by atoms with Crippen LogP contribution in [0.15, 0.2) is 39.5 Å². The largest absolute Gasteiger partial charge is 0.372 e.